The Morgan fingerprint density at radius 2 is 2.19 bits per heavy atom. The van der Waals surface area contributed by atoms with Gasteiger partial charge in [0.05, 0.1) is 12.1 Å². The summed E-state index contributed by atoms with van der Waals surface area (Å²) in [7, 11) is 1.25. The molecule has 1 rings (SSSR count). The molecular weight excluding hydrogens is 242 g/mol. The molecule has 0 amide bonds. The van der Waals surface area contributed by atoms with Crippen molar-refractivity contribution in [3.63, 3.8) is 0 Å². The van der Waals surface area contributed by atoms with Gasteiger partial charge in [-0.25, -0.2) is 8.78 Å². The first-order valence-corrected chi connectivity index (χ1v) is 4.77. The van der Waals surface area contributed by atoms with Crippen LogP contribution in [0.1, 0.15) is 12.0 Å². The van der Waals surface area contributed by atoms with E-state index in [4.69, 9.17) is 21.4 Å². The second-order valence-electron chi connectivity index (χ2n) is 3.06. The highest BCUT2D eigenvalue weighted by Crippen LogP contribution is 2.33. The fourth-order valence-corrected chi connectivity index (χ4v) is 1.59. The van der Waals surface area contributed by atoms with Crippen molar-refractivity contribution in [3.05, 3.63) is 28.3 Å². The number of carboxylic acid groups (broad SMARTS) is 1. The molecule has 0 atom stereocenters. The van der Waals surface area contributed by atoms with Gasteiger partial charge in [-0.15, -0.1) is 0 Å². The zero-order valence-electron chi connectivity index (χ0n) is 8.39. The number of ether oxygens (including phenoxy) is 1. The minimum absolute atomic E-state index is 0.0261. The maximum atomic E-state index is 13.4. The summed E-state index contributed by atoms with van der Waals surface area (Å²) in [5.41, 5.74) is -0.157. The van der Waals surface area contributed by atoms with Crippen molar-refractivity contribution in [2.45, 2.75) is 12.8 Å². The quantitative estimate of drug-likeness (QED) is 0.836. The average molecular weight is 251 g/mol. The summed E-state index contributed by atoms with van der Waals surface area (Å²) in [6.45, 7) is 0. The number of benzene rings is 1. The van der Waals surface area contributed by atoms with Crippen molar-refractivity contribution in [1.29, 1.82) is 0 Å². The smallest absolute Gasteiger partial charge is 0.303 e. The molecule has 1 N–H and O–H groups in total. The highest BCUT2D eigenvalue weighted by molar-refractivity contribution is 6.32. The summed E-state index contributed by atoms with van der Waals surface area (Å²) in [5.74, 6) is -3.38. The maximum absolute atomic E-state index is 13.4. The van der Waals surface area contributed by atoms with Gasteiger partial charge in [0.25, 0.3) is 0 Å². The van der Waals surface area contributed by atoms with Gasteiger partial charge in [0.15, 0.2) is 11.6 Å². The lowest BCUT2D eigenvalue weighted by Gasteiger charge is -2.11. The zero-order valence-corrected chi connectivity index (χ0v) is 9.15. The molecule has 0 bridgehead atoms. The topological polar surface area (TPSA) is 46.5 Å². The van der Waals surface area contributed by atoms with Crippen LogP contribution in [0.2, 0.25) is 5.02 Å². The number of carbonyl (C=O) groups is 1. The predicted molar refractivity (Wildman–Crippen MR) is 53.9 cm³/mol. The van der Waals surface area contributed by atoms with Crippen molar-refractivity contribution in [3.8, 4) is 5.75 Å². The van der Waals surface area contributed by atoms with Crippen LogP contribution in [-0.2, 0) is 11.2 Å². The van der Waals surface area contributed by atoms with Crippen LogP contribution in [0.3, 0.4) is 0 Å². The molecule has 0 aliphatic rings. The summed E-state index contributed by atoms with van der Waals surface area (Å²) < 4.78 is 31.2. The molecule has 0 aliphatic carbocycles. The Morgan fingerprint density at radius 1 is 1.56 bits per heavy atom. The number of methoxy groups -OCH3 is 1. The summed E-state index contributed by atoms with van der Waals surface area (Å²) in [4.78, 5) is 10.4. The summed E-state index contributed by atoms with van der Waals surface area (Å²) in [5, 5.41) is 8.40. The molecule has 16 heavy (non-hydrogen) atoms. The Labute approximate surface area is 95.6 Å². The van der Waals surface area contributed by atoms with Gasteiger partial charge >= 0.3 is 5.97 Å². The van der Waals surface area contributed by atoms with Gasteiger partial charge in [0.2, 0.25) is 0 Å². The van der Waals surface area contributed by atoms with Crippen LogP contribution < -0.4 is 4.74 Å². The number of hydrogen-bond acceptors (Lipinski definition) is 2. The number of hydrogen-bond donors (Lipinski definition) is 1. The zero-order chi connectivity index (χ0) is 12.3. The molecular formula is C10H9ClF2O3. The van der Waals surface area contributed by atoms with E-state index in [1.54, 1.807) is 0 Å². The van der Waals surface area contributed by atoms with E-state index in [0.29, 0.717) is 0 Å². The normalized spacial score (nSPS) is 10.2. The molecule has 0 aliphatic heterocycles. The molecule has 3 nitrogen and oxygen atoms in total. The van der Waals surface area contributed by atoms with Crippen LogP contribution in [0.5, 0.6) is 5.75 Å². The van der Waals surface area contributed by atoms with Gasteiger partial charge in [-0.2, -0.15) is 0 Å². The van der Waals surface area contributed by atoms with E-state index in [-0.39, 0.29) is 29.2 Å². The SMILES string of the molecule is COc1c(Cl)cc(F)c(F)c1CCC(=O)O. The van der Waals surface area contributed by atoms with E-state index in [9.17, 15) is 13.6 Å². The third-order valence-corrected chi connectivity index (χ3v) is 2.29. The monoisotopic (exact) mass is 250 g/mol. The Bertz CT molecular complexity index is 421. The highest BCUT2D eigenvalue weighted by Gasteiger charge is 2.18. The van der Waals surface area contributed by atoms with Gasteiger partial charge in [0, 0.05) is 12.0 Å². The second-order valence-corrected chi connectivity index (χ2v) is 3.47. The fraction of sp³-hybridized carbons (Fsp3) is 0.300. The van der Waals surface area contributed by atoms with E-state index in [2.05, 4.69) is 0 Å². The Kier molecular flexibility index (Phi) is 4.06. The molecule has 0 unspecified atom stereocenters. The lowest BCUT2D eigenvalue weighted by molar-refractivity contribution is -0.136. The largest absolute Gasteiger partial charge is 0.495 e. The van der Waals surface area contributed by atoms with Crippen LogP contribution in [0.15, 0.2) is 6.07 Å². The van der Waals surface area contributed by atoms with Crippen molar-refractivity contribution in [2.75, 3.05) is 7.11 Å². The van der Waals surface area contributed by atoms with Gasteiger partial charge in [-0.05, 0) is 12.5 Å². The van der Waals surface area contributed by atoms with Crippen LogP contribution in [-0.4, -0.2) is 18.2 Å². The summed E-state index contributed by atoms with van der Waals surface area (Å²) in [6.07, 6.45) is -0.505. The third kappa shape index (κ3) is 2.61. The van der Waals surface area contributed by atoms with Crippen LogP contribution in [0.4, 0.5) is 8.78 Å². The van der Waals surface area contributed by atoms with Crippen LogP contribution in [0.25, 0.3) is 0 Å². The van der Waals surface area contributed by atoms with E-state index in [1.807, 2.05) is 0 Å². The Balaban J connectivity index is 3.17. The van der Waals surface area contributed by atoms with Crippen molar-refractivity contribution >= 4 is 17.6 Å². The summed E-state index contributed by atoms with van der Waals surface area (Å²) in [6, 6.07) is 0.792. The molecule has 0 saturated carbocycles. The van der Waals surface area contributed by atoms with Gasteiger partial charge < -0.3 is 9.84 Å². The average Bonchev–Trinajstić information content (AvgIpc) is 2.20. The first-order chi connectivity index (χ1) is 7.47. The molecule has 1 aromatic rings. The Hall–Kier alpha value is -1.36. The highest BCUT2D eigenvalue weighted by atomic mass is 35.5. The standard InChI is InChI=1S/C10H9ClF2O3/c1-16-10-5(2-3-8(14)15)9(13)7(12)4-6(10)11/h4H,2-3H2,1H3,(H,14,15). The molecule has 0 radical (unpaired) electrons. The predicted octanol–water partition coefficient (Wildman–Crippen LogP) is 2.64. The molecule has 0 aromatic heterocycles. The van der Waals surface area contributed by atoms with Crippen molar-refractivity contribution in [2.24, 2.45) is 0 Å². The molecule has 1 aromatic carbocycles. The van der Waals surface area contributed by atoms with Gasteiger partial charge in [-0.3, -0.25) is 4.79 Å². The van der Waals surface area contributed by atoms with Gasteiger partial charge in [0.1, 0.15) is 5.75 Å². The molecule has 0 saturated heterocycles. The maximum Gasteiger partial charge on any atom is 0.303 e. The Morgan fingerprint density at radius 3 is 2.69 bits per heavy atom. The van der Waals surface area contributed by atoms with E-state index < -0.39 is 17.6 Å². The third-order valence-electron chi connectivity index (χ3n) is 2.01. The molecule has 0 heterocycles. The fourth-order valence-electron chi connectivity index (χ4n) is 1.30. The molecule has 0 fully saturated rings. The lowest BCUT2D eigenvalue weighted by atomic mass is 10.1. The van der Waals surface area contributed by atoms with Crippen molar-refractivity contribution < 1.29 is 23.4 Å². The minimum atomic E-state index is -1.12. The van der Waals surface area contributed by atoms with Gasteiger partial charge in [-0.1, -0.05) is 11.6 Å². The number of rotatable bonds is 4. The van der Waals surface area contributed by atoms with E-state index in [0.717, 1.165) is 6.07 Å². The molecule has 6 heteroatoms. The van der Waals surface area contributed by atoms with E-state index in [1.165, 1.54) is 7.11 Å². The molecule has 0 spiro atoms. The van der Waals surface area contributed by atoms with E-state index >= 15 is 0 Å². The molecule has 88 valence electrons. The minimum Gasteiger partial charge on any atom is -0.495 e. The number of carboxylic acids is 1. The number of halogens is 3. The van der Waals surface area contributed by atoms with Crippen LogP contribution >= 0.6 is 11.6 Å². The first-order valence-electron chi connectivity index (χ1n) is 4.39. The summed E-state index contributed by atoms with van der Waals surface area (Å²) >= 11 is 5.64. The lowest BCUT2D eigenvalue weighted by Crippen LogP contribution is -2.04. The number of aliphatic carboxylic acids is 1. The first kappa shape index (κ1) is 12.7. The second kappa shape index (κ2) is 5.12. The van der Waals surface area contributed by atoms with Crippen LogP contribution in [0, 0.1) is 11.6 Å². The van der Waals surface area contributed by atoms with Crippen molar-refractivity contribution in [1.82, 2.24) is 0 Å².